The number of sulfone groups is 1. The Labute approximate surface area is 180 Å². The van der Waals surface area contributed by atoms with Crippen molar-refractivity contribution in [3.05, 3.63) is 71.7 Å². The summed E-state index contributed by atoms with van der Waals surface area (Å²) in [5.74, 6) is -0.0218. The largest absolute Gasteiger partial charge is 0.369 e. The van der Waals surface area contributed by atoms with E-state index in [9.17, 15) is 12.8 Å². The Hall–Kier alpha value is -3.20. The Morgan fingerprint density at radius 3 is 2.55 bits per heavy atom. The van der Waals surface area contributed by atoms with E-state index in [1.807, 2.05) is 43.3 Å². The summed E-state index contributed by atoms with van der Waals surface area (Å²) in [6.07, 6.45) is 0. The summed E-state index contributed by atoms with van der Waals surface area (Å²) in [6, 6.07) is 16.2. The van der Waals surface area contributed by atoms with Crippen LogP contribution in [0.1, 0.15) is 24.1 Å². The van der Waals surface area contributed by atoms with Crippen LogP contribution >= 0.6 is 0 Å². The topological polar surface area (TPSA) is 102 Å². The minimum absolute atomic E-state index is 0.0481. The molecule has 0 amide bonds. The van der Waals surface area contributed by atoms with Gasteiger partial charge in [-0.05, 0) is 17.2 Å². The number of aliphatic imine (C=N–C) groups is 1. The summed E-state index contributed by atoms with van der Waals surface area (Å²) in [6.45, 7) is 2.49. The van der Waals surface area contributed by atoms with Gasteiger partial charge >= 0.3 is 0 Å². The van der Waals surface area contributed by atoms with Crippen LogP contribution in [-0.4, -0.2) is 49.0 Å². The molecular weight excluding hydrogens is 419 g/mol. The van der Waals surface area contributed by atoms with Crippen LogP contribution in [0.4, 0.5) is 10.3 Å². The number of aromatic nitrogens is 1. The molecule has 2 N–H and O–H groups in total. The summed E-state index contributed by atoms with van der Waals surface area (Å²) in [5.41, 5.74) is 8.72. The molecule has 1 fully saturated rings. The molecule has 2 heterocycles. The third-order valence-electron chi connectivity index (χ3n) is 5.43. The zero-order valence-corrected chi connectivity index (χ0v) is 17.8. The molecule has 162 valence electrons. The first-order valence-corrected chi connectivity index (χ1v) is 11.8. The SMILES string of the molecule is CC(c1ccc(-c2ccccc2)c(F)c1)c1cc(N=C(N)N2CCS(=O)(=O)CC2)on1. The van der Waals surface area contributed by atoms with Crippen molar-refractivity contribution in [1.82, 2.24) is 10.1 Å². The van der Waals surface area contributed by atoms with Crippen LogP contribution in [-0.2, 0) is 9.84 Å². The zero-order chi connectivity index (χ0) is 22.0. The molecule has 1 saturated heterocycles. The fourth-order valence-electron chi connectivity index (χ4n) is 3.48. The van der Waals surface area contributed by atoms with E-state index >= 15 is 0 Å². The first kappa shape index (κ1) is 21.0. The second-order valence-corrected chi connectivity index (χ2v) is 9.83. The molecule has 31 heavy (non-hydrogen) atoms. The van der Waals surface area contributed by atoms with E-state index in [2.05, 4.69) is 10.1 Å². The first-order chi connectivity index (χ1) is 14.8. The average Bonchev–Trinajstić information content (AvgIpc) is 3.22. The van der Waals surface area contributed by atoms with Gasteiger partial charge in [0.2, 0.25) is 0 Å². The third-order valence-corrected chi connectivity index (χ3v) is 7.04. The lowest BCUT2D eigenvalue weighted by molar-refractivity contribution is 0.412. The monoisotopic (exact) mass is 442 g/mol. The zero-order valence-electron chi connectivity index (χ0n) is 17.0. The Morgan fingerprint density at radius 2 is 1.87 bits per heavy atom. The van der Waals surface area contributed by atoms with Crippen LogP contribution in [0.15, 0.2) is 64.1 Å². The Bertz CT molecular complexity index is 1190. The molecule has 0 aliphatic carbocycles. The van der Waals surface area contributed by atoms with Crippen molar-refractivity contribution in [3.63, 3.8) is 0 Å². The quantitative estimate of drug-likeness (QED) is 0.491. The molecule has 1 unspecified atom stereocenters. The van der Waals surface area contributed by atoms with Crippen LogP contribution in [0.25, 0.3) is 11.1 Å². The predicted octanol–water partition coefficient (Wildman–Crippen LogP) is 3.31. The Kier molecular flexibility index (Phi) is 5.77. The van der Waals surface area contributed by atoms with E-state index in [0.717, 1.165) is 11.1 Å². The fraction of sp³-hybridized carbons (Fsp3) is 0.273. The van der Waals surface area contributed by atoms with E-state index in [-0.39, 0.29) is 35.1 Å². The van der Waals surface area contributed by atoms with Gasteiger partial charge in [0.15, 0.2) is 15.8 Å². The minimum Gasteiger partial charge on any atom is -0.369 e. The van der Waals surface area contributed by atoms with Gasteiger partial charge < -0.3 is 15.2 Å². The molecule has 9 heteroatoms. The number of hydrogen-bond donors (Lipinski definition) is 1. The molecule has 1 aliphatic heterocycles. The molecule has 1 aliphatic rings. The number of guanidine groups is 1. The smallest absolute Gasteiger partial charge is 0.253 e. The normalized spacial score (nSPS) is 17.5. The van der Waals surface area contributed by atoms with Gasteiger partial charge in [0.1, 0.15) is 5.82 Å². The van der Waals surface area contributed by atoms with Gasteiger partial charge in [-0.3, -0.25) is 0 Å². The highest BCUT2D eigenvalue weighted by molar-refractivity contribution is 7.91. The number of rotatable bonds is 4. The molecule has 0 radical (unpaired) electrons. The Balaban J connectivity index is 1.49. The van der Waals surface area contributed by atoms with E-state index in [4.69, 9.17) is 10.3 Å². The van der Waals surface area contributed by atoms with E-state index in [1.165, 1.54) is 6.07 Å². The highest BCUT2D eigenvalue weighted by Gasteiger charge is 2.23. The standard InChI is InChI=1S/C22H23FN4O3S/c1-15(17-7-8-18(19(23)13-17)16-5-3-2-4-6-16)20-14-21(30-26-20)25-22(24)27-9-11-31(28,29)12-10-27/h2-8,13-15H,9-12H2,1H3,(H2,24,25). The number of halogens is 1. The summed E-state index contributed by atoms with van der Waals surface area (Å²) < 4.78 is 43.1. The second-order valence-electron chi connectivity index (χ2n) is 7.53. The van der Waals surface area contributed by atoms with Gasteiger partial charge in [0.05, 0.1) is 17.2 Å². The van der Waals surface area contributed by atoms with Crippen LogP contribution in [0.2, 0.25) is 0 Å². The summed E-state index contributed by atoms with van der Waals surface area (Å²) in [4.78, 5) is 5.92. The van der Waals surface area contributed by atoms with Crippen LogP contribution in [0, 0.1) is 5.82 Å². The van der Waals surface area contributed by atoms with Crippen molar-refractivity contribution in [1.29, 1.82) is 0 Å². The van der Waals surface area contributed by atoms with Crippen molar-refractivity contribution in [3.8, 4) is 11.1 Å². The maximum atomic E-state index is 14.7. The third kappa shape index (κ3) is 4.77. The summed E-state index contributed by atoms with van der Waals surface area (Å²) >= 11 is 0. The molecule has 3 aromatic rings. The average molecular weight is 443 g/mol. The summed E-state index contributed by atoms with van der Waals surface area (Å²) in [7, 11) is -3.00. The number of benzene rings is 2. The second kappa shape index (κ2) is 8.50. The van der Waals surface area contributed by atoms with Gasteiger partial charge in [-0.15, -0.1) is 0 Å². The number of nitrogens with zero attached hydrogens (tertiary/aromatic N) is 3. The highest BCUT2D eigenvalue weighted by Crippen LogP contribution is 2.30. The number of hydrogen-bond acceptors (Lipinski definition) is 5. The lowest BCUT2D eigenvalue weighted by Crippen LogP contribution is -2.46. The molecule has 4 rings (SSSR count). The van der Waals surface area contributed by atoms with Crippen molar-refractivity contribution in [2.24, 2.45) is 10.7 Å². The molecule has 1 atom stereocenters. The van der Waals surface area contributed by atoms with E-state index in [0.29, 0.717) is 24.3 Å². The van der Waals surface area contributed by atoms with Gasteiger partial charge in [-0.2, -0.15) is 4.99 Å². The van der Waals surface area contributed by atoms with Gasteiger partial charge in [-0.1, -0.05) is 54.5 Å². The molecule has 0 spiro atoms. The molecular formula is C22H23FN4O3S. The molecule has 0 bridgehead atoms. The van der Waals surface area contributed by atoms with Gasteiger partial charge in [-0.25, -0.2) is 12.8 Å². The van der Waals surface area contributed by atoms with Crippen LogP contribution in [0.3, 0.4) is 0 Å². The molecule has 0 saturated carbocycles. The van der Waals surface area contributed by atoms with Crippen LogP contribution in [0.5, 0.6) is 0 Å². The first-order valence-electron chi connectivity index (χ1n) is 9.93. The molecule has 1 aromatic heterocycles. The lowest BCUT2D eigenvalue weighted by Gasteiger charge is -2.27. The van der Waals surface area contributed by atoms with Crippen LogP contribution < -0.4 is 5.73 Å². The van der Waals surface area contributed by atoms with Crippen molar-refractivity contribution >= 4 is 21.7 Å². The van der Waals surface area contributed by atoms with Crippen molar-refractivity contribution in [2.75, 3.05) is 24.6 Å². The molecule has 7 nitrogen and oxygen atoms in total. The van der Waals surface area contributed by atoms with Crippen molar-refractivity contribution in [2.45, 2.75) is 12.8 Å². The van der Waals surface area contributed by atoms with Crippen molar-refractivity contribution < 1.29 is 17.3 Å². The maximum absolute atomic E-state index is 14.7. The highest BCUT2D eigenvalue weighted by atomic mass is 32.2. The lowest BCUT2D eigenvalue weighted by atomic mass is 9.95. The van der Waals surface area contributed by atoms with Gasteiger partial charge in [0.25, 0.3) is 5.88 Å². The minimum atomic E-state index is -3.00. The fourth-order valence-corrected chi connectivity index (χ4v) is 4.69. The predicted molar refractivity (Wildman–Crippen MR) is 117 cm³/mol. The summed E-state index contributed by atoms with van der Waals surface area (Å²) in [5, 5.41) is 4.05. The Morgan fingerprint density at radius 1 is 1.16 bits per heavy atom. The maximum Gasteiger partial charge on any atom is 0.253 e. The van der Waals surface area contributed by atoms with Gasteiger partial charge in [0, 0.05) is 30.6 Å². The molecule has 2 aromatic carbocycles. The van der Waals surface area contributed by atoms with E-state index < -0.39 is 9.84 Å². The van der Waals surface area contributed by atoms with E-state index in [1.54, 1.807) is 17.0 Å². The number of nitrogens with two attached hydrogens (primary N) is 1.